The summed E-state index contributed by atoms with van der Waals surface area (Å²) >= 11 is 0. The summed E-state index contributed by atoms with van der Waals surface area (Å²) < 4.78 is 0. The molecule has 1 amide bonds. The number of aromatic nitrogens is 3. The molecule has 2 N–H and O–H groups in total. The first kappa shape index (κ1) is 17.6. The number of hydrogen-bond donors (Lipinski definition) is 2. The third-order valence-corrected chi connectivity index (χ3v) is 3.94. The highest BCUT2D eigenvalue weighted by Crippen LogP contribution is 2.07. The van der Waals surface area contributed by atoms with Gasteiger partial charge in [-0.3, -0.25) is 9.89 Å². The van der Waals surface area contributed by atoms with Crippen LogP contribution in [0.15, 0.2) is 60.7 Å². The van der Waals surface area contributed by atoms with E-state index in [1.807, 2.05) is 30.3 Å². The van der Waals surface area contributed by atoms with Crippen LogP contribution in [0.1, 0.15) is 28.3 Å². The quantitative estimate of drug-likeness (QED) is 0.646. The largest absolute Gasteiger partial charge is 0.352 e. The average molecular weight is 346 g/mol. The van der Waals surface area contributed by atoms with Crippen molar-refractivity contribution >= 4 is 12.0 Å². The lowest BCUT2D eigenvalue weighted by atomic mass is 10.1. The Morgan fingerprint density at radius 3 is 2.65 bits per heavy atom. The van der Waals surface area contributed by atoms with Crippen LogP contribution in [0.25, 0.3) is 6.08 Å². The Labute approximate surface area is 153 Å². The van der Waals surface area contributed by atoms with Crippen molar-refractivity contribution in [1.82, 2.24) is 20.5 Å². The van der Waals surface area contributed by atoms with Crippen molar-refractivity contribution in [2.75, 3.05) is 6.54 Å². The molecular weight excluding hydrogens is 324 g/mol. The molecule has 0 spiro atoms. The molecule has 2 aromatic carbocycles. The van der Waals surface area contributed by atoms with Gasteiger partial charge in [-0.25, -0.2) is 4.98 Å². The van der Waals surface area contributed by atoms with Crippen molar-refractivity contribution in [3.05, 3.63) is 89.0 Å². The van der Waals surface area contributed by atoms with Crippen LogP contribution in [0.2, 0.25) is 0 Å². The molecule has 0 aliphatic heterocycles. The summed E-state index contributed by atoms with van der Waals surface area (Å²) in [4.78, 5) is 16.3. The van der Waals surface area contributed by atoms with Gasteiger partial charge in [0.1, 0.15) is 5.82 Å². The van der Waals surface area contributed by atoms with Gasteiger partial charge in [-0.2, -0.15) is 5.10 Å². The van der Waals surface area contributed by atoms with Crippen molar-refractivity contribution in [2.45, 2.75) is 19.8 Å². The zero-order valence-electron chi connectivity index (χ0n) is 14.8. The van der Waals surface area contributed by atoms with E-state index in [1.54, 1.807) is 6.08 Å². The van der Waals surface area contributed by atoms with Crippen molar-refractivity contribution in [3.8, 4) is 0 Å². The number of benzene rings is 2. The number of nitrogens with zero attached hydrogens (tertiary/aromatic N) is 2. The molecule has 3 aromatic rings. The maximum Gasteiger partial charge on any atom is 0.244 e. The molecule has 0 saturated heterocycles. The van der Waals surface area contributed by atoms with Crippen LogP contribution in [-0.2, 0) is 17.6 Å². The minimum Gasteiger partial charge on any atom is -0.352 e. The third kappa shape index (κ3) is 5.41. The zero-order chi connectivity index (χ0) is 18.2. The van der Waals surface area contributed by atoms with E-state index in [1.165, 1.54) is 17.2 Å². The number of aromatic amines is 1. The molecule has 0 radical (unpaired) electrons. The van der Waals surface area contributed by atoms with Gasteiger partial charge in [0.25, 0.3) is 0 Å². The predicted octanol–water partition coefficient (Wildman–Crippen LogP) is 3.08. The van der Waals surface area contributed by atoms with Crippen LogP contribution in [0.5, 0.6) is 0 Å². The molecule has 5 heteroatoms. The fourth-order valence-corrected chi connectivity index (χ4v) is 2.52. The predicted molar refractivity (Wildman–Crippen MR) is 103 cm³/mol. The number of carbonyl (C=O) groups excluding carboxylic acids is 1. The van der Waals surface area contributed by atoms with E-state index < -0.39 is 0 Å². The van der Waals surface area contributed by atoms with E-state index in [-0.39, 0.29) is 5.91 Å². The second kappa shape index (κ2) is 8.76. The first-order valence-electron chi connectivity index (χ1n) is 8.66. The lowest BCUT2D eigenvalue weighted by molar-refractivity contribution is -0.116. The number of nitrogens with one attached hydrogen (secondary N) is 2. The number of H-pyrrole nitrogens is 1. The van der Waals surface area contributed by atoms with Crippen LogP contribution in [0, 0.1) is 6.92 Å². The van der Waals surface area contributed by atoms with Crippen LogP contribution in [-0.4, -0.2) is 27.6 Å². The van der Waals surface area contributed by atoms with Gasteiger partial charge in [-0.05, 0) is 24.1 Å². The average Bonchev–Trinajstić information content (AvgIpc) is 3.10. The Morgan fingerprint density at radius 2 is 1.88 bits per heavy atom. The number of amides is 1. The maximum absolute atomic E-state index is 11.8. The number of carbonyl (C=O) groups is 1. The molecule has 0 aliphatic rings. The van der Waals surface area contributed by atoms with E-state index in [0.29, 0.717) is 18.8 Å². The summed E-state index contributed by atoms with van der Waals surface area (Å²) in [6.45, 7) is 2.57. The normalized spacial score (nSPS) is 11.0. The van der Waals surface area contributed by atoms with Gasteiger partial charge in [-0.15, -0.1) is 0 Å². The van der Waals surface area contributed by atoms with E-state index in [2.05, 4.69) is 51.7 Å². The molecule has 132 valence electrons. The highest BCUT2D eigenvalue weighted by molar-refractivity contribution is 5.91. The smallest absolute Gasteiger partial charge is 0.244 e. The number of hydrogen-bond acceptors (Lipinski definition) is 3. The summed E-state index contributed by atoms with van der Waals surface area (Å²) in [6.07, 6.45) is 4.65. The van der Waals surface area contributed by atoms with Crippen molar-refractivity contribution in [3.63, 3.8) is 0 Å². The van der Waals surface area contributed by atoms with Gasteiger partial charge in [-0.1, -0.05) is 60.2 Å². The van der Waals surface area contributed by atoms with E-state index >= 15 is 0 Å². The van der Waals surface area contributed by atoms with E-state index in [0.717, 1.165) is 17.8 Å². The molecule has 0 aliphatic carbocycles. The minimum absolute atomic E-state index is 0.121. The summed E-state index contributed by atoms with van der Waals surface area (Å²) in [5.74, 6) is 1.42. The van der Waals surface area contributed by atoms with Crippen LogP contribution in [0.4, 0.5) is 0 Å². The SMILES string of the molecule is Cc1ccc(Cc2nc(CCNC(=O)/C=C/c3ccccc3)n[nH]2)cc1. The maximum atomic E-state index is 11.8. The molecule has 3 rings (SSSR count). The molecule has 1 aromatic heterocycles. The second-order valence-corrected chi connectivity index (χ2v) is 6.15. The topological polar surface area (TPSA) is 70.7 Å². The van der Waals surface area contributed by atoms with Crippen molar-refractivity contribution in [1.29, 1.82) is 0 Å². The molecule has 0 unspecified atom stereocenters. The Balaban J connectivity index is 1.44. The van der Waals surface area contributed by atoms with E-state index in [9.17, 15) is 4.79 Å². The Morgan fingerprint density at radius 1 is 1.12 bits per heavy atom. The van der Waals surface area contributed by atoms with Crippen LogP contribution < -0.4 is 5.32 Å². The molecular formula is C21H22N4O. The first-order valence-corrected chi connectivity index (χ1v) is 8.66. The molecule has 0 saturated carbocycles. The van der Waals surface area contributed by atoms with Gasteiger partial charge in [0.05, 0.1) is 0 Å². The van der Waals surface area contributed by atoms with Crippen LogP contribution in [0.3, 0.4) is 0 Å². The minimum atomic E-state index is -0.121. The molecule has 0 bridgehead atoms. The van der Waals surface area contributed by atoms with Gasteiger partial charge in [0, 0.05) is 25.5 Å². The summed E-state index contributed by atoms with van der Waals surface area (Å²) in [6, 6.07) is 18.1. The second-order valence-electron chi connectivity index (χ2n) is 6.15. The summed E-state index contributed by atoms with van der Waals surface area (Å²) in [7, 11) is 0. The van der Waals surface area contributed by atoms with E-state index in [4.69, 9.17) is 0 Å². The molecule has 0 atom stereocenters. The van der Waals surface area contributed by atoms with Crippen LogP contribution >= 0.6 is 0 Å². The molecule has 1 heterocycles. The summed E-state index contributed by atoms with van der Waals surface area (Å²) in [5, 5.41) is 10.0. The monoisotopic (exact) mass is 346 g/mol. The molecule has 5 nitrogen and oxygen atoms in total. The number of aryl methyl sites for hydroxylation is 1. The van der Waals surface area contributed by atoms with Gasteiger partial charge in [0.2, 0.25) is 5.91 Å². The molecule has 26 heavy (non-hydrogen) atoms. The van der Waals surface area contributed by atoms with Crippen molar-refractivity contribution < 1.29 is 4.79 Å². The lowest BCUT2D eigenvalue weighted by Crippen LogP contribution is -2.23. The lowest BCUT2D eigenvalue weighted by Gasteiger charge is -1.99. The first-order chi connectivity index (χ1) is 12.7. The third-order valence-electron chi connectivity index (χ3n) is 3.94. The highest BCUT2D eigenvalue weighted by Gasteiger charge is 2.05. The number of rotatable bonds is 7. The fraction of sp³-hybridized carbons (Fsp3) is 0.190. The Kier molecular flexibility index (Phi) is 5.93. The molecule has 0 fully saturated rings. The standard InChI is InChI=1S/C21H22N4O/c1-16-7-9-18(10-8-16)15-20-23-19(24-25-20)13-14-22-21(26)12-11-17-5-3-2-4-6-17/h2-12H,13-15H2,1H3,(H,22,26)(H,23,24,25)/b12-11+. The van der Waals surface area contributed by atoms with Gasteiger partial charge < -0.3 is 5.32 Å². The Bertz CT molecular complexity index is 867. The zero-order valence-corrected chi connectivity index (χ0v) is 14.8. The van der Waals surface area contributed by atoms with Gasteiger partial charge in [0.15, 0.2) is 5.82 Å². The Hall–Kier alpha value is -3.21. The van der Waals surface area contributed by atoms with Gasteiger partial charge >= 0.3 is 0 Å². The fourth-order valence-electron chi connectivity index (χ4n) is 2.52. The highest BCUT2D eigenvalue weighted by atomic mass is 16.1. The van der Waals surface area contributed by atoms with Crippen molar-refractivity contribution in [2.24, 2.45) is 0 Å². The summed E-state index contributed by atoms with van der Waals surface area (Å²) in [5.41, 5.74) is 3.43.